The van der Waals surface area contributed by atoms with Gasteiger partial charge in [0.2, 0.25) is 0 Å². The van der Waals surface area contributed by atoms with Crippen LogP contribution in [0.25, 0.3) is 0 Å². The number of aromatic nitrogens is 2. The van der Waals surface area contributed by atoms with E-state index < -0.39 is 0 Å². The third kappa shape index (κ3) is 1.16. The third-order valence-corrected chi connectivity index (χ3v) is 1.11. The Labute approximate surface area is 53.6 Å². The predicted octanol–water partition coefficient (Wildman–Crippen LogP) is 0.332. The number of hydrogen-bond donors (Lipinski definition) is 0. The molecule has 0 aliphatic carbocycles. The van der Waals surface area contributed by atoms with E-state index in [9.17, 15) is 5.21 Å². The van der Waals surface area contributed by atoms with Gasteiger partial charge in [0.1, 0.15) is 0 Å². The average molecular weight is 124 g/mol. The van der Waals surface area contributed by atoms with Crippen LogP contribution in [0.4, 0.5) is 0 Å². The van der Waals surface area contributed by atoms with Gasteiger partial charge in [-0.05, 0) is 0 Å². The van der Waals surface area contributed by atoms with E-state index in [4.69, 9.17) is 0 Å². The summed E-state index contributed by atoms with van der Waals surface area (Å²) in [6.45, 7) is 3.53. The van der Waals surface area contributed by atoms with Crippen molar-refractivity contribution >= 4 is 0 Å². The smallest absolute Gasteiger partial charge is 0.298 e. The fourth-order valence-electron chi connectivity index (χ4n) is 0.625. The molecule has 0 spiro atoms. The van der Waals surface area contributed by atoms with Crippen LogP contribution >= 0.6 is 0 Å². The number of rotatable bonds is 0. The Bertz CT molecular complexity index is 222. The van der Waals surface area contributed by atoms with E-state index in [0.717, 1.165) is 10.4 Å². The van der Waals surface area contributed by atoms with Crippen LogP contribution in [0.2, 0.25) is 0 Å². The Kier molecular flexibility index (Phi) is 1.34. The van der Waals surface area contributed by atoms with Gasteiger partial charge in [-0.3, -0.25) is 0 Å². The molecule has 0 bridgehead atoms. The molecule has 0 unspecified atom stereocenters. The monoisotopic (exact) mass is 124 g/mol. The second-order valence-electron chi connectivity index (χ2n) is 1.94. The summed E-state index contributed by atoms with van der Waals surface area (Å²) in [5, 5.41) is 10.6. The molecule has 9 heavy (non-hydrogen) atoms. The molecule has 0 N–H and O–H groups in total. The van der Waals surface area contributed by atoms with E-state index in [-0.39, 0.29) is 0 Å². The van der Waals surface area contributed by atoms with Gasteiger partial charge in [0.05, 0.1) is 6.20 Å². The maximum atomic E-state index is 10.6. The van der Waals surface area contributed by atoms with Gasteiger partial charge in [-0.15, -0.1) is 0 Å². The molecular formula is C6H8N2O. The Morgan fingerprint density at radius 3 is 2.67 bits per heavy atom. The maximum Gasteiger partial charge on any atom is 0.298 e. The first-order valence-corrected chi connectivity index (χ1v) is 2.73. The topological polar surface area (TPSA) is 39.8 Å². The molecule has 0 saturated heterocycles. The second kappa shape index (κ2) is 2.01. The summed E-state index contributed by atoms with van der Waals surface area (Å²) < 4.78 is 0.743. The van der Waals surface area contributed by atoms with Gasteiger partial charge in [-0.2, -0.15) is 0 Å². The molecular weight excluding hydrogens is 116 g/mol. The largest absolute Gasteiger partial charge is 0.711 e. The molecule has 0 radical (unpaired) electrons. The van der Waals surface area contributed by atoms with Gasteiger partial charge in [-0.1, -0.05) is 4.98 Å². The molecule has 0 atom stereocenters. The highest BCUT2D eigenvalue weighted by atomic mass is 16.5. The van der Waals surface area contributed by atoms with Crippen molar-refractivity contribution in [3.05, 3.63) is 29.0 Å². The zero-order valence-electron chi connectivity index (χ0n) is 5.46. The van der Waals surface area contributed by atoms with E-state index in [0.29, 0.717) is 5.82 Å². The van der Waals surface area contributed by atoms with Crippen molar-refractivity contribution in [2.24, 2.45) is 0 Å². The van der Waals surface area contributed by atoms with Gasteiger partial charge in [0, 0.05) is 19.9 Å². The zero-order chi connectivity index (χ0) is 6.85. The summed E-state index contributed by atoms with van der Waals surface area (Å²) in [6.07, 6.45) is 1.46. The van der Waals surface area contributed by atoms with Gasteiger partial charge in [0.15, 0.2) is 5.69 Å². The first-order chi connectivity index (χ1) is 4.20. The third-order valence-electron chi connectivity index (χ3n) is 1.11. The standard InChI is InChI=1S/C6H8N2O/c1-5-3-4-8(9)6(2)7-5/h3-4H,1-2H3. The summed E-state index contributed by atoms with van der Waals surface area (Å²) >= 11 is 0. The minimum absolute atomic E-state index is 0.495. The summed E-state index contributed by atoms with van der Waals surface area (Å²) in [5.41, 5.74) is 0.875. The summed E-state index contributed by atoms with van der Waals surface area (Å²) in [4.78, 5) is 3.92. The molecule has 0 amide bonds. The molecule has 0 saturated carbocycles. The van der Waals surface area contributed by atoms with Crippen LogP contribution < -0.4 is 4.73 Å². The Morgan fingerprint density at radius 1 is 1.56 bits per heavy atom. The van der Waals surface area contributed by atoms with Crippen molar-refractivity contribution < 1.29 is 4.73 Å². The minimum Gasteiger partial charge on any atom is -0.711 e. The highest BCUT2D eigenvalue weighted by molar-refractivity contribution is 4.93. The fraction of sp³-hybridized carbons (Fsp3) is 0.333. The number of aryl methyl sites for hydroxylation is 2. The number of nitrogens with zero attached hydrogens (tertiary/aromatic N) is 2. The quantitative estimate of drug-likeness (QED) is 0.369. The second-order valence-corrected chi connectivity index (χ2v) is 1.94. The van der Waals surface area contributed by atoms with Crippen molar-refractivity contribution in [3.8, 4) is 0 Å². The van der Waals surface area contributed by atoms with Gasteiger partial charge in [-0.25, -0.2) is 4.73 Å². The van der Waals surface area contributed by atoms with Crippen LogP contribution in [0.5, 0.6) is 0 Å². The van der Waals surface area contributed by atoms with Crippen molar-refractivity contribution in [3.63, 3.8) is 0 Å². The van der Waals surface area contributed by atoms with E-state index in [2.05, 4.69) is 4.98 Å². The van der Waals surface area contributed by atoms with Gasteiger partial charge < -0.3 is 5.21 Å². The Morgan fingerprint density at radius 2 is 2.22 bits per heavy atom. The molecule has 3 nitrogen and oxygen atoms in total. The molecule has 0 aromatic carbocycles. The van der Waals surface area contributed by atoms with Crippen LogP contribution in [0.3, 0.4) is 0 Å². The zero-order valence-corrected chi connectivity index (χ0v) is 5.46. The van der Waals surface area contributed by atoms with Crippen molar-refractivity contribution in [1.82, 2.24) is 4.98 Å². The van der Waals surface area contributed by atoms with E-state index in [1.54, 1.807) is 13.0 Å². The summed E-state index contributed by atoms with van der Waals surface area (Å²) in [7, 11) is 0. The van der Waals surface area contributed by atoms with E-state index >= 15 is 0 Å². The first-order valence-electron chi connectivity index (χ1n) is 2.73. The normalized spacial score (nSPS) is 9.56. The SMILES string of the molecule is Cc1cc[n+]([O-])c(C)n1. The lowest BCUT2D eigenvalue weighted by Crippen LogP contribution is -2.30. The van der Waals surface area contributed by atoms with Gasteiger partial charge >= 0.3 is 0 Å². The van der Waals surface area contributed by atoms with E-state index in [1.165, 1.54) is 6.20 Å². The summed E-state index contributed by atoms with van der Waals surface area (Å²) in [5.74, 6) is 0.495. The molecule has 0 fully saturated rings. The lowest BCUT2D eigenvalue weighted by molar-refractivity contribution is -0.616. The number of hydrogen-bond acceptors (Lipinski definition) is 2. The molecule has 3 heteroatoms. The predicted molar refractivity (Wildman–Crippen MR) is 32.7 cm³/mol. The lowest BCUT2D eigenvalue weighted by Gasteiger charge is -1.99. The molecule has 1 heterocycles. The minimum atomic E-state index is 0.495. The maximum absolute atomic E-state index is 10.6. The molecule has 0 aliphatic heterocycles. The van der Waals surface area contributed by atoms with Crippen LogP contribution in [-0.4, -0.2) is 4.98 Å². The fourth-order valence-corrected chi connectivity index (χ4v) is 0.625. The molecule has 1 rings (SSSR count). The van der Waals surface area contributed by atoms with Gasteiger partial charge in [0.25, 0.3) is 5.82 Å². The van der Waals surface area contributed by atoms with Crippen LogP contribution in [0.15, 0.2) is 12.3 Å². The first kappa shape index (κ1) is 6.01. The van der Waals surface area contributed by atoms with Crippen molar-refractivity contribution in [1.29, 1.82) is 0 Å². The Balaban J connectivity index is 3.17. The van der Waals surface area contributed by atoms with Crippen molar-refractivity contribution in [2.45, 2.75) is 13.8 Å². The molecule has 1 aromatic heterocycles. The Hall–Kier alpha value is -1.12. The summed E-state index contributed by atoms with van der Waals surface area (Å²) in [6, 6.07) is 1.68. The highest BCUT2D eigenvalue weighted by Gasteiger charge is 1.98. The van der Waals surface area contributed by atoms with Crippen LogP contribution in [-0.2, 0) is 0 Å². The van der Waals surface area contributed by atoms with E-state index in [1.807, 2.05) is 6.92 Å². The lowest BCUT2D eigenvalue weighted by atomic mass is 10.4. The van der Waals surface area contributed by atoms with Crippen LogP contribution in [0, 0.1) is 19.1 Å². The molecule has 48 valence electrons. The molecule has 1 aromatic rings. The van der Waals surface area contributed by atoms with Crippen molar-refractivity contribution in [2.75, 3.05) is 0 Å². The molecule has 0 aliphatic rings. The average Bonchev–Trinajstić information content (AvgIpc) is 1.80. The van der Waals surface area contributed by atoms with Crippen LogP contribution in [0.1, 0.15) is 11.5 Å². The highest BCUT2D eigenvalue weighted by Crippen LogP contribution is 1.87.